The highest BCUT2D eigenvalue weighted by Crippen LogP contribution is 2.77. The first-order chi connectivity index (χ1) is 15.2. The molecule has 0 aliphatic heterocycles. The molecule has 3 N–H and O–H groups in total. The average Bonchev–Trinajstić information content (AvgIpc) is 3.10. The predicted octanol–water partition coefficient (Wildman–Crippen LogP) is 6.19. The monoisotopic (exact) mass is 460 g/mol. The van der Waals surface area contributed by atoms with Gasteiger partial charge in [-0.15, -0.1) is 0 Å². The van der Waals surface area contributed by atoms with Gasteiger partial charge in [0.1, 0.15) is 0 Å². The van der Waals surface area contributed by atoms with Crippen molar-refractivity contribution in [1.82, 2.24) is 0 Å². The van der Waals surface area contributed by atoms with Crippen LogP contribution in [0.25, 0.3) is 0 Å². The molecule has 3 nitrogen and oxygen atoms in total. The number of aliphatic hydroxyl groups is 3. The Balaban J connectivity index is 1.54. The molecule has 0 unspecified atom stereocenters. The van der Waals surface area contributed by atoms with E-state index in [1.807, 2.05) is 6.92 Å². The molecule has 0 radical (unpaired) electrons. The van der Waals surface area contributed by atoms with E-state index in [-0.39, 0.29) is 24.0 Å². The summed E-state index contributed by atoms with van der Waals surface area (Å²) < 4.78 is 0. The van der Waals surface area contributed by atoms with E-state index in [0.29, 0.717) is 39.4 Å². The lowest BCUT2D eigenvalue weighted by atomic mass is 9.32. The minimum atomic E-state index is -0.967. The van der Waals surface area contributed by atoms with Crippen LogP contribution in [0.3, 0.4) is 0 Å². The molecule has 0 amide bonds. The van der Waals surface area contributed by atoms with Crippen LogP contribution in [-0.4, -0.2) is 33.6 Å². The largest absolute Gasteiger partial charge is 0.393 e. The number of hydrogen-bond acceptors (Lipinski definition) is 3. The van der Waals surface area contributed by atoms with Gasteiger partial charge in [-0.05, 0) is 128 Å². The van der Waals surface area contributed by atoms with Crippen LogP contribution < -0.4 is 0 Å². The SMILES string of the molecule is CC1(C)[C@H](O)CC[C@]2(C)[C@H]3CC[C@@H]4[C@H]5[C@H]([C@@](C)(O)CO)CC[C@]5(C)CC[C@@]4(C)[C@]3(C)CC[C@@H]12. The van der Waals surface area contributed by atoms with Crippen LogP contribution in [0.2, 0.25) is 0 Å². The topological polar surface area (TPSA) is 60.7 Å². The lowest BCUT2D eigenvalue weighted by Gasteiger charge is -2.73. The zero-order chi connectivity index (χ0) is 24.2. The number of aliphatic hydroxyl groups excluding tert-OH is 2. The summed E-state index contributed by atoms with van der Waals surface area (Å²) in [6.45, 7) is 16.8. The Morgan fingerprint density at radius 1 is 0.758 bits per heavy atom. The summed E-state index contributed by atoms with van der Waals surface area (Å²) in [5.74, 6) is 2.71. The fourth-order valence-corrected chi connectivity index (χ4v) is 11.7. The third-order valence-electron chi connectivity index (χ3n) is 13.9. The van der Waals surface area contributed by atoms with Crippen LogP contribution in [0.15, 0.2) is 0 Å². The van der Waals surface area contributed by atoms with E-state index in [0.717, 1.165) is 18.8 Å². The van der Waals surface area contributed by atoms with E-state index in [1.165, 1.54) is 51.4 Å². The summed E-state index contributed by atoms with van der Waals surface area (Å²) in [6, 6.07) is 0. The molecule has 33 heavy (non-hydrogen) atoms. The summed E-state index contributed by atoms with van der Waals surface area (Å²) in [4.78, 5) is 0. The van der Waals surface area contributed by atoms with Gasteiger partial charge >= 0.3 is 0 Å². The molecule has 11 atom stereocenters. The molecule has 5 saturated carbocycles. The van der Waals surface area contributed by atoms with Gasteiger partial charge in [0, 0.05) is 0 Å². The second-order valence-electron chi connectivity index (χ2n) is 15.4. The summed E-state index contributed by atoms with van der Waals surface area (Å²) in [5.41, 5.74) is 0.284. The van der Waals surface area contributed by atoms with Crippen LogP contribution in [0.5, 0.6) is 0 Å². The lowest BCUT2D eigenvalue weighted by Crippen LogP contribution is -2.67. The van der Waals surface area contributed by atoms with E-state index in [9.17, 15) is 15.3 Å². The van der Waals surface area contributed by atoms with Gasteiger partial charge in [-0.3, -0.25) is 0 Å². The van der Waals surface area contributed by atoms with Crippen LogP contribution in [0, 0.1) is 56.7 Å². The fraction of sp³-hybridized carbons (Fsp3) is 1.00. The highest BCUT2D eigenvalue weighted by atomic mass is 16.3. The third-order valence-corrected chi connectivity index (χ3v) is 13.9. The van der Waals surface area contributed by atoms with E-state index in [1.54, 1.807) is 0 Å². The highest BCUT2D eigenvalue weighted by Gasteiger charge is 2.70. The van der Waals surface area contributed by atoms with Gasteiger partial charge in [0.2, 0.25) is 0 Å². The second kappa shape index (κ2) is 7.22. The van der Waals surface area contributed by atoms with Crippen LogP contribution in [-0.2, 0) is 0 Å². The smallest absolute Gasteiger partial charge is 0.0880 e. The normalized spacial score (nSPS) is 57.3. The van der Waals surface area contributed by atoms with Gasteiger partial charge < -0.3 is 15.3 Å². The quantitative estimate of drug-likeness (QED) is 0.460. The van der Waals surface area contributed by atoms with Gasteiger partial charge in [0.15, 0.2) is 0 Å². The molecule has 5 rings (SSSR count). The molecule has 5 aliphatic carbocycles. The third kappa shape index (κ3) is 2.97. The Labute approximate surface area is 203 Å². The standard InChI is InChI=1S/C30H52O3/c1-25(2)21-11-15-29(6)22(27(21,4)14-12-23(25)32)9-8-19-24-20(30(7,33)18-31)10-13-26(24,3)16-17-28(19,29)5/h19-24,31-33H,8-18H2,1-7H3/t19-,20-,21+,22-,23-,24+,26-,27+,28-,29-,30+/m1/s1. The maximum absolute atomic E-state index is 11.3. The van der Waals surface area contributed by atoms with Crippen molar-refractivity contribution in [1.29, 1.82) is 0 Å². The first-order valence-corrected chi connectivity index (χ1v) is 14.2. The summed E-state index contributed by atoms with van der Waals surface area (Å²) in [6.07, 6.45) is 11.9. The summed E-state index contributed by atoms with van der Waals surface area (Å²) in [5, 5.41) is 32.2. The van der Waals surface area contributed by atoms with Gasteiger partial charge in [-0.1, -0.05) is 41.5 Å². The molecule has 5 aliphatic rings. The minimum absolute atomic E-state index is 0.00754. The first-order valence-electron chi connectivity index (χ1n) is 14.2. The Hall–Kier alpha value is -0.120. The van der Waals surface area contributed by atoms with Crippen LogP contribution in [0.4, 0.5) is 0 Å². The Kier molecular flexibility index (Phi) is 5.38. The maximum atomic E-state index is 11.3. The minimum Gasteiger partial charge on any atom is -0.393 e. The van der Waals surface area contributed by atoms with Gasteiger partial charge in [0.25, 0.3) is 0 Å². The highest BCUT2D eigenvalue weighted by molar-refractivity contribution is 5.19. The maximum Gasteiger partial charge on any atom is 0.0880 e. The van der Waals surface area contributed by atoms with E-state index in [2.05, 4.69) is 41.5 Å². The van der Waals surface area contributed by atoms with Crippen molar-refractivity contribution in [2.45, 2.75) is 124 Å². The van der Waals surface area contributed by atoms with E-state index in [4.69, 9.17) is 0 Å². The Morgan fingerprint density at radius 2 is 1.45 bits per heavy atom. The summed E-state index contributed by atoms with van der Waals surface area (Å²) >= 11 is 0. The molecular formula is C30H52O3. The first kappa shape index (κ1) is 24.6. The molecule has 0 aromatic carbocycles. The van der Waals surface area contributed by atoms with Crippen molar-refractivity contribution in [3.8, 4) is 0 Å². The van der Waals surface area contributed by atoms with Gasteiger partial charge in [0.05, 0.1) is 18.3 Å². The van der Waals surface area contributed by atoms with Crippen LogP contribution >= 0.6 is 0 Å². The van der Waals surface area contributed by atoms with E-state index >= 15 is 0 Å². The molecule has 0 saturated heterocycles. The zero-order valence-electron chi connectivity index (χ0n) is 22.6. The number of fused-ring (bicyclic) bond motifs is 7. The lowest BCUT2D eigenvalue weighted by molar-refractivity contribution is -0.251. The molecule has 0 heterocycles. The van der Waals surface area contributed by atoms with Crippen molar-refractivity contribution in [3.63, 3.8) is 0 Å². The molecule has 0 bridgehead atoms. The van der Waals surface area contributed by atoms with Crippen LogP contribution in [0.1, 0.15) is 113 Å². The van der Waals surface area contributed by atoms with Gasteiger partial charge in [-0.2, -0.15) is 0 Å². The molecular weight excluding hydrogens is 408 g/mol. The molecule has 0 aromatic rings. The van der Waals surface area contributed by atoms with E-state index < -0.39 is 5.60 Å². The summed E-state index contributed by atoms with van der Waals surface area (Å²) in [7, 11) is 0. The second-order valence-corrected chi connectivity index (χ2v) is 15.4. The van der Waals surface area contributed by atoms with Crippen molar-refractivity contribution in [2.24, 2.45) is 56.7 Å². The Bertz CT molecular complexity index is 789. The molecule has 190 valence electrons. The molecule has 0 aromatic heterocycles. The number of rotatable bonds is 2. The van der Waals surface area contributed by atoms with Crippen molar-refractivity contribution >= 4 is 0 Å². The average molecular weight is 461 g/mol. The predicted molar refractivity (Wildman–Crippen MR) is 134 cm³/mol. The molecule has 3 heteroatoms. The van der Waals surface area contributed by atoms with Crippen molar-refractivity contribution in [2.75, 3.05) is 6.61 Å². The molecule has 5 fully saturated rings. The van der Waals surface area contributed by atoms with Gasteiger partial charge in [-0.25, -0.2) is 0 Å². The van der Waals surface area contributed by atoms with Crippen molar-refractivity contribution < 1.29 is 15.3 Å². The molecule has 0 spiro atoms. The van der Waals surface area contributed by atoms with Crippen molar-refractivity contribution in [3.05, 3.63) is 0 Å². The zero-order valence-corrected chi connectivity index (χ0v) is 22.6. The Morgan fingerprint density at radius 3 is 2.12 bits per heavy atom. The number of hydrogen-bond donors (Lipinski definition) is 3. The fourth-order valence-electron chi connectivity index (χ4n) is 11.7.